The molecule has 0 atom stereocenters. The molecule has 0 radical (unpaired) electrons. The Morgan fingerprint density at radius 2 is 2.20 bits per heavy atom. The highest BCUT2D eigenvalue weighted by molar-refractivity contribution is 6.31. The molecule has 3 rings (SSSR count). The van der Waals surface area contributed by atoms with Gasteiger partial charge in [0, 0.05) is 24.2 Å². The van der Waals surface area contributed by atoms with Gasteiger partial charge >= 0.3 is 0 Å². The Bertz CT molecular complexity index is 890. The van der Waals surface area contributed by atoms with E-state index in [2.05, 4.69) is 20.5 Å². The van der Waals surface area contributed by atoms with Crippen molar-refractivity contribution in [2.24, 2.45) is 0 Å². The molecule has 0 fully saturated rings. The number of anilines is 1. The van der Waals surface area contributed by atoms with E-state index in [0.29, 0.717) is 23.7 Å². The highest BCUT2D eigenvalue weighted by Gasteiger charge is 2.09. The molecular formula is C16H16ClFN6O. The first-order valence-corrected chi connectivity index (χ1v) is 8.00. The molecule has 0 aliphatic heterocycles. The zero-order chi connectivity index (χ0) is 17.8. The van der Waals surface area contributed by atoms with Gasteiger partial charge < -0.3 is 0 Å². The smallest absolute Gasteiger partial charge is 0.248 e. The highest BCUT2D eigenvalue weighted by Crippen LogP contribution is 2.18. The summed E-state index contributed by atoms with van der Waals surface area (Å²) in [5.74, 6) is -0.390. The Labute approximate surface area is 148 Å². The number of nitrogens with one attached hydrogen (secondary N) is 1. The molecule has 0 bridgehead atoms. The number of halogens is 2. The molecule has 7 nitrogen and oxygen atoms in total. The van der Waals surface area contributed by atoms with Crippen LogP contribution >= 0.6 is 11.6 Å². The first-order chi connectivity index (χ1) is 12.0. The molecule has 130 valence electrons. The van der Waals surface area contributed by atoms with Crippen LogP contribution in [0.2, 0.25) is 5.02 Å². The van der Waals surface area contributed by atoms with E-state index in [1.807, 2.05) is 13.1 Å². The minimum absolute atomic E-state index is 0.203. The molecule has 0 aliphatic rings. The molecule has 0 saturated heterocycles. The maximum absolute atomic E-state index is 13.1. The lowest BCUT2D eigenvalue weighted by Crippen LogP contribution is -2.16. The van der Waals surface area contributed by atoms with Crippen LogP contribution in [0.5, 0.6) is 0 Å². The van der Waals surface area contributed by atoms with E-state index in [4.69, 9.17) is 11.6 Å². The second-order valence-electron chi connectivity index (χ2n) is 5.58. The van der Waals surface area contributed by atoms with Gasteiger partial charge in [-0.3, -0.25) is 14.8 Å². The lowest BCUT2D eigenvalue weighted by Gasteiger charge is -2.04. The van der Waals surface area contributed by atoms with Gasteiger partial charge in [-0.2, -0.15) is 5.10 Å². The summed E-state index contributed by atoms with van der Waals surface area (Å²) in [7, 11) is 0. The summed E-state index contributed by atoms with van der Waals surface area (Å²) in [6.45, 7) is 2.74. The summed E-state index contributed by atoms with van der Waals surface area (Å²) < 4.78 is 16.3. The molecule has 2 heterocycles. The topological polar surface area (TPSA) is 77.6 Å². The van der Waals surface area contributed by atoms with Crippen molar-refractivity contribution < 1.29 is 9.18 Å². The van der Waals surface area contributed by atoms with Crippen LogP contribution in [0.15, 0.2) is 36.9 Å². The number of carbonyl (C=O) groups is 1. The molecule has 0 unspecified atom stereocenters. The number of amides is 1. The summed E-state index contributed by atoms with van der Waals surface area (Å²) >= 11 is 5.99. The number of carbonyl (C=O) groups excluding carboxylic acids is 1. The highest BCUT2D eigenvalue weighted by atomic mass is 35.5. The fourth-order valence-corrected chi connectivity index (χ4v) is 2.47. The lowest BCUT2D eigenvalue weighted by molar-refractivity contribution is -0.116. The second kappa shape index (κ2) is 7.43. The van der Waals surface area contributed by atoms with Gasteiger partial charge in [0.2, 0.25) is 11.9 Å². The fourth-order valence-electron chi connectivity index (χ4n) is 2.25. The summed E-state index contributed by atoms with van der Waals surface area (Å²) in [6, 6.07) is 4.16. The lowest BCUT2D eigenvalue weighted by atomic mass is 10.2. The Balaban J connectivity index is 1.55. The number of benzene rings is 1. The van der Waals surface area contributed by atoms with Crippen molar-refractivity contribution in [3.63, 3.8) is 0 Å². The maximum Gasteiger partial charge on any atom is 0.248 e. The van der Waals surface area contributed by atoms with Gasteiger partial charge in [-0.05, 0) is 30.2 Å². The van der Waals surface area contributed by atoms with Crippen molar-refractivity contribution in [1.82, 2.24) is 24.5 Å². The molecule has 25 heavy (non-hydrogen) atoms. The van der Waals surface area contributed by atoms with Crippen LogP contribution in [0.1, 0.15) is 17.5 Å². The van der Waals surface area contributed by atoms with Gasteiger partial charge in [0.25, 0.3) is 0 Å². The molecular weight excluding hydrogens is 347 g/mol. The van der Waals surface area contributed by atoms with Gasteiger partial charge in [-0.25, -0.2) is 14.1 Å². The normalized spacial score (nSPS) is 10.8. The number of aryl methyl sites for hydroxylation is 2. The van der Waals surface area contributed by atoms with Crippen molar-refractivity contribution in [1.29, 1.82) is 0 Å². The Morgan fingerprint density at radius 3 is 2.92 bits per heavy atom. The molecule has 2 aromatic heterocycles. The number of rotatable bonds is 6. The Morgan fingerprint density at radius 1 is 1.36 bits per heavy atom. The third kappa shape index (κ3) is 4.63. The molecule has 0 saturated carbocycles. The largest absolute Gasteiger partial charge is 0.293 e. The average molecular weight is 363 g/mol. The van der Waals surface area contributed by atoms with E-state index in [1.165, 1.54) is 23.1 Å². The minimum atomic E-state index is -0.396. The molecule has 9 heteroatoms. The van der Waals surface area contributed by atoms with Crippen LogP contribution in [0.25, 0.3) is 0 Å². The van der Waals surface area contributed by atoms with E-state index in [9.17, 15) is 9.18 Å². The quantitative estimate of drug-likeness (QED) is 0.731. The standard InChI is InChI=1S/C16H16ClFN6O/c1-11-7-20-23(8-11)5-4-15(25)21-16-19-10-24(22-16)9-12-2-3-13(18)6-14(12)17/h2-3,6-8,10H,4-5,9H2,1H3,(H,21,22,25). The van der Waals surface area contributed by atoms with Crippen LogP contribution < -0.4 is 5.32 Å². The van der Waals surface area contributed by atoms with Gasteiger partial charge in [0.15, 0.2) is 0 Å². The van der Waals surface area contributed by atoms with E-state index < -0.39 is 5.82 Å². The zero-order valence-corrected chi connectivity index (χ0v) is 14.2. The first kappa shape index (κ1) is 17.1. The number of nitrogens with zero attached hydrogens (tertiary/aromatic N) is 5. The van der Waals surface area contributed by atoms with Crippen molar-refractivity contribution in [3.8, 4) is 0 Å². The number of hydrogen-bond donors (Lipinski definition) is 1. The number of aromatic nitrogens is 5. The molecule has 1 N–H and O–H groups in total. The molecule has 0 aliphatic carbocycles. The van der Waals surface area contributed by atoms with Crippen LogP contribution in [0.4, 0.5) is 10.3 Å². The fraction of sp³-hybridized carbons (Fsp3) is 0.250. The third-order valence-electron chi connectivity index (χ3n) is 3.47. The van der Waals surface area contributed by atoms with Crippen LogP contribution in [0, 0.1) is 12.7 Å². The zero-order valence-electron chi connectivity index (χ0n) is 13.5. The van der Waals surface area contributed by atoms with E-state index in [0.717, 1.165) is 5.56 Å². The Hall–Kier alpha value is -2.74. The first-order valence-electron chi connectivity index (χ1n) is 7.62. The van der Waals surface area contributed by atoms with E-state index >= 15 is 0 Å². The van der Waals surface area contributed by atoms with Crippen molar-refractivity contribution in [2.75, 3.05) is 5.32 Å². The second-order valence-corrected chi connectivity index (χ2v) is 5.99. The third-order valence-corrected chi connectivity index (χ3v) is 3.82. The molecule has 1 aromatic carbocycles. The number of hydrogen-bond acceptors (Lipinski definition) is 4. The van der Waals surface area contributed by atoms with Crippen molar-refractivity contribution >= 4 is 23.5 Å². The molecule has 1 amide bonds. The molecule has 3 aromatic rings. The minimum Gasteiger partial charge on any atom is -0.293 e. The summed E-state index contributed by atoms with van der Waals surface area (Å²) in [6.07, 6.45) is 5.35. The summed E-state index contributed by atoms with van der Waals surface area (Å²) in [5.41, 5.74) is 1.75. The van der Waals surface area contributed by atoms with Gasteiger partial charge in [0.05, 0.1) is 12.7 Å². The predicted molar refractivity (Wildman–Crippen MR) is 90.7 cm³/mol. The van der Waals surface area contributed by atoms with Crippen molar-refractivity contribution in [2.45, 2.75) is 26.4 Å². The summed E-state index contributed by atoms with van der Waals surface area (Å²) in [4.78, 5) is 16.0. The van der Waals surface area contributed by atoms with E-state index in [1.54, 1.807) is 16.9 Å². The van der Waals surface area contributed by atoms with Gasteiger partial charge in [-0.15, -0.1) is 5.10 Å². The van der Waals surface area contributed by atoms with E-state index in [-0.39, 0.29) is 18.3 Å². The maximum atomic E-state index is 13.1. The Kier molecular flexibility index (Phi) is 5.08. The van der Waals surface area contributed by atoms with Crippen molar-refractivity contribution in [3.05, 3.63) is 58.9 Å². The van der Waals surface area contributed by atoms with Gasteiger partial charge in [-0.1, -0.05) is 17.7 Å². The van der Waals surface area contributed by atoms with Crippen LogP contribution in [0.3, 0.4) is 0 Å². The average Bonchev–Trinajstić information content (AvgIpc) is 3.17. The van der Waals surface area contributed by atoms with Crippen LogP contribution in [-0.4, -0.2) is 30.5 Å². The monoisotopic (exact) mass is 362 g/mol. The van der Waals surface area contributed by atoms with Gasteiger partial charge in [0.1, 0.15) is 12.1 Å². The summed E-state index contributed by atoms with van der Waals surface area (Å²) in [5, 5.41) is 11.2. The predicted octanol–water partition coefficient (Wildman–Crippen LogP) is 2.65. The SMILES string of the molecule is Cc1cnn(CCC(=O)Nc2ncn(Cc3ccc(F)cc3Cl)n2)c1. The molecule has 0 spiro atoms. The van der Waals surface area contributed by atoms with Crippen LogP contribution in [-0.2, 0) is 17.9 Å².